The van der Waals surface area contributed by atoms with Gasteiger partial charge in [0, 0.05) is 30.7 Å². The lowest BCUT2D eigenvalue weighted by atomic mass is 9.75. The third-order valence-corrected chi connectivity index (χ3v) is 4.15. The van der Waals surface area contributed by atoms with Crippen molar-refractivity contribution in [3.8, 4) is 0 Å². The van der Waals surface area contributed by atoms with Crippen LogP contribution in [0.2, 0.25) is 5.28 Å². The summed E-state index contributed by atoms with van der Waals surface area (Å²) in [4.78, 5) is 18.9. The molecule has 2 aromatic rings. The minimum Gasteiger partial charge on any atom is -0.396 e. The fourth-order valence-electron chi connectivity index (χ4n) is 3.07. The second-order valence-electron chi connectivity index (χ2n) is 7.82. The summed E-state index contributed by atoms with van der Waals surface area (Å²) in [5.74, 6) is 0.466. The molecule has 0 spiro atoms. The van der Waals surface area contributed by atoms with Crippen LogP contribution < -0.4 is 5.32 Å². The number of nitro groups is 1. The largest absolute Gasteiger partial charge is 0.396 e. The lowest BCUT2D eigenvalue weighted by Crippen LogP contribution is -2.31. The van der Waals surface area contributed by atoms with Crippen molar-refractivity contribution in [3.05, 3.63) is 33.6 Å². The van der Waals surface area contributed by atoms with Gasteiger partial charge in [-0.2, -0.15) is 0 Å². The molecule has 1 aromatic heterocycles. The van der Waals surface area contributed by atoms with Crippen molar-refractivity contribution >= 4 is 34.0 Å². The number of nitrogens with one attached hydrogen (secondary N) is 1. The Morgan fingerprint density at radius 3 is 2.52 bits per heavy atom. The molecule has 2 N–H and O–H groups in total. The van der Waals surface area contributed by atoms with Crippen LogP contribution in [0.5, 0.6) is 0 Å². The summed E-state index contributed by atoms with van der Waals surface area (Å²) in [7, 11) is 0. The summed E-state index contributed by atoms with van der Waals surface area (Å²) in [6.07, 6.45) is 0.792. The van der Waals surface area contributed by atoms with Crippen LogP contribution in [0, 0.1) is 20.9 Å². The Morgan fingerprint density at radius 2 is 1.92 bits per heavy atom. The standard InChI is InChI=1S/C17H23ClN4O3/c1-16(2,8-17(3,4)10-23)9-19-14-12-7-11(22(24)25)5-6-13(12)20-15(18)21-14/h5-7,23H,8-10H2,1-4H3,(H,19,20,21). The number of fused-ring (bicyclic) bond motifs is 1. The Kier molecular flexibility index (Phi) is 5.49. The molecule has 0 fully saturated rings. The first-order chi connectivity index (χ1) is 11.5. The molecule has 2 rings (SSSR count). The van der Waals surface area contributed by atoms with E-state index in [4.69, 9.17) is 11.6 Å². The minimum atomic E-state index is -0.453. The molecule has 0 amide bonds. The summed E-state index contributed by atoms with van der Waals surface area (Å²) >= 11 is 5.98. The Bertz CT molecular complexity index is 793. The Balaban J connectivity index is 2.30. The number of hydrogen-bond donors (Lipinski definition) is 2. The van der Waals surface area contributed by atoms with E-state index in [1.807, 2.05) is 13.8 Å². The monoisotopic (exact) mass is 366 g/mol. The van der Waals surface area contributed by atoms with Crippen LogP contribution in [0.4, 0.5) is 11.5 Å². The molecule has 0 aliphatic carbocycles. The predicted octanol–water partition coefficient (Wildman–Crippen LogP) is 4.04. The molecule has 1 heterocycles. The van der Waals surface area contributed by atoms with Crippen molar-refractivity contribution in [2.45, 2.75) is 34.1 Å². The summed E-state index contributed by atoms with van der Waals surface area (Å²) < 4.78 is 0. The van der Waals surface area contributed by atoms with Gasteiger partial charge in [-0.05, 0) is 34.9 Å². The normalized spacial score (nSPS) is 12.4. The van der Waals surface area contributed by atoms with E-state index in [0.717, 1.165) is 6.42 Å². The molecule has 0 saturated carbocycles. The van der Waals surface area contributed by atoms with Gasteiger partial charge in [-0.3, -0.25) is 10.1 Å². The Labute approximate surface area is 151 Å². The molecule has 0 atom stereocenters. The lowest BCUT2D eigenvalue weighted by Gasteiger charge is -2.34. The highest BCUT2D eigenvalue weighted by molar-refractivity contribution is 6.28. The Hall–Kier alpha value is -1.99. The maximum atomic E-state index is 11.0. The van der Waals surface area contributed by atoms with E-state index in [1.165, 1.54) is 12.1 Å². The van der Waals surface area contributed by atoms with Gasteiger partial charge in [0.2, 0.25) is 5.28 Å². The van der Waals surface area contributed by atoms with Crippen LogP contribution >= 0.6 is 11.6 Å². The lowest BCUT2D eigenvalue weighted by molar-refractivity contribution is -0.384. The van der Waals surface area contributed by atoms with Crippen molar-refractivity contribution in [2.75, 3.05) is 18.5 Å². The molecule has 0 saturated heterocycles. The van der Waals surface area contributed by atoms with E-state index >= 15 is 0 Å². The summed E-state index contributed by atoms with van der Waals surface area (Å²) in [6, 6.07) is 4.40. The molecule has 1 aromatic carbocycles. The third kappa shape index (κ3) is 4.99. The molecule has 7 nitrogen and oxygen atoms in total. The van der Waals surface area contributed by atoms with Gasteiger partial charge in [0.15, 0.2) is 0 Å². The summed E-state index contributed by atoms with van der Waals surface area (Å²) in [5, 5.41) is 24.4. The number of nitrogens with zero attached hydrogens (tertiary/aromatic N) is 3. The quantitative estimate of drug-likeness (QED) is 0.435. The van der Waals surface area contributed by atoms with Crippen LogP contribution in [-0.2, 0) is 0 Å². The summed E-state index contributed by atoms with van der Waals surface area (Å²) in [6.45, 7) is 8.87. The molecular formula is C17H23ClN4O3. The average Bonchev–Trinajstić information content (AvgIpc) is 2.51. The van der Waals surface area contributed by atoms with Gasteiger partial charge in [-0.15, -0.1) is 0 Å². The Morgan fingerprint density at radius 1 is 1.24 bits per heavy atom. The van der Waals surface area contributed by atoms with E-state index in [1.54, 1.807) is 6.07 Å². The van der Waals surface area contributed by atoms with Gasteiger partial charge in [0.25, 0.3) is 5.69 Å². The molecule has 0 aliphatic heterocycles. The fraction of sp³-hybridized carbons (Fsp3) is 0.529. The van der Waals surface area contributed by atoms with E-state index in [9.17, 15) is 15.2 Å². The van der Waals surface area contributed by atoms with E-state index in [0.29, 0.717) is 23.3 Å². The van der Waals surface area contributed by atoms with Gasteiger partial charge in [-0.25, -0.2) is 9.97 Å². The molecule has 0 aliphatic rings. The highest BCUT2D eigenvalue weighted by atomic mass is 35.5. The van der Waals surface area contributed by atoms with Crippen LogP contribution in [0.15, 0.2) is 18.2 Å². The smallest absolute Gasteiger partial charge is 0.270 e. The number of rotatable bonds is 7. The molecule has 136 valence electrons. The van der Waals surface area contributed by atoms with E-state index in [-0.39, 0.29) is 28.4 Å². The van der Waals surface area contributed by atoms with Crippen molar-refractivity contribution in [2.24, 2.45) is 10.8 Å². The first kappa shape index (κ1) is 19.3. The fourth-order valence-corrected chi connectivity index (χ4v) is 3.25. The maximum Gasteiger partial charge on any atom is 0.270 e. The number of hydrogen-bond acceptors (Lipinski definition) is 6. The maximum absolute atomic E-state index is 11.0. The van der Waals surface area contributed by atoms with Gasteiger partial charge >= 0.3 is 0 Å². The first-order valence-electron chi connectivity index (χ1n) is 7.99. The minimum absolute atomic E-state index is 0.0258. The van der Waals surface area contributed by atoms with Gasteiger partial charge < -0.3 is 10.4 Å². The van der Waals surface area contributed by atoms with Crippen molar-refractivity contribution < 1.29 is 10.0 Å². The first-order valence-corrected chi connectivity index (χ1v) is 8.37. The molecule has 0 bridgehead atoms. The molecular weight excluding hydrogens is 344 g/mol. The zero-order valence-corrected chi connectivity index (χ0v) is 15.6. The number of aliphatic hydroxyl groups is 1. The van der Waals surface area contributed by atoms with Gasteiger partial charge in [-0.1, -0.05) is 27.7 Å². The van der Waals surface area contributed by atoms with Crippen molar-refractivity contribution in [1.82, 2.24) is 9.97 Å². The predicted molar refractivity (Wildman–Crippen MR) is 99.0 cm³/mol. The van der Waals surface area contributed by atoms with Crippen LogP contribution in [0.1, 0.15) is 34.1 Å². The number of aromatic nitrogens is 2. The molecule has 0 unspecified atom stereocenters. The van der Waals surface area contributed by atoms with Gasteiger partial charge in [0.1, 0.15) is 5.82 Å². The van der Waals surface area contributed by atoms with Crippen LogP contribution in [0.3, 0.4) is 0 Å². The number of nitro benzene ring substituents is 1. The van der Waals surface area contributed by atoms with E-state index in [2.05, 4.69) is 29.1 Å². The average molecular weight is 367 g/mol. The number of halogens is 1. The van der Waals surface area contributed by atoms with Gasteiger partial charge in [0.05, 0.1) is 10.4 Å². The molecule has 0 radical (unpaired) electrons. The SMILES string of the molecule is CC(C)(CO)CC(C)(C)CNc1nc(Cl)nc2ccc([N+](=O)[O-])cc12. The zero-order valence-electron chi connectivity index (χ0n) is 14.8. The highest BCUT2D eigenvalue weighted by Crippen LogP contribution is 2.34. The molecule has 25 heavy (non-hydrogen) atoms. The number of non-ortho nitro benzene ring substituents is 1. The van der Waals surface area contributed by atoms with E-state index < -0.39 is 4.92 Å². The number of benzene rings is 1. The van der Waals surface area contributed by atoms with Crippen molar-refractivity contribution in [1.29, 1.82) is 0 Å². The second kappa shape index (κ2) is 7.09. The highest BCUT2D eigenvalue weighted by Gasteiger charge is 2.28. The number of aliphatic hydroxyl groups excluding tert-OH is 1. The molecule has 8 heteroatoms. The van der Waals surface area contributed by atoms with Crippen LogP contribution in [0.25, 0.3) is 10.9 Å². The zero-order chi connectivity index (χ0) is 18.8. The number of anilines is 1. The third-order valence-electron chi connectivity index (χ3n) is 3.98. The topological polar surface area (TPSA) is 101 Å². The second-order valence-corrected chi connectivity index (χ2v) is 8.15. The van der Waals surface area contributed by atoms with Crippen LogP contribution in [-0.4, -0.2) is 33.1 Å². The summed E-state index contributed by atoms with van der Waals surface area (Å²) in [5.41, 5.74) is 0.190. The van der Waals surface area contributed by atoms with Crippen molar-refractivity contribution in [3.63, 3.8) is 0 Å².